The second kappa shape index (κ2) is 5.66. The molecule has 1 heterocycles. The number of hydrogen-bond donors (Lipinski definition) is 1. The molecule has 0 saturated carbocycles. The molecule has 0 aliphatic rings. The number of hydrogen-bond acceptors (Lipinski definition) is 3. The third-order valence-electron chi connectivity index (χ3n) is 2.38. The van der Waals surface area contributed by atoms with E-state index in [1.165, 1.54) is 0 Å². The Morgan fingerprint density at radius 3 is 2.65 bits per heavy atom. The molecule has 0 aliphatic heterocycles. The second-order valence-electron chi connectivity index (χ2n) is 3.57. The van der Waals surface area contributed by atoms with E-state index in [1.807, 2.05) is 30.3 Å². The Kier molecular flexibility index (Phi) is 3.96. The van der Waals surface area contributed by atoms with Crippen molar-refractivity contribution in [1.82, 2.24) is 4.98 Å². The summed E-state index contributed by atoms with van der Waals surface area (Å²) < 4.78 is 5.57. The van der Waals surface area contributed by atoms with Crippen LogP contribution in [-0.2, 0) is 13.2 Å². The van der Waals surface area contributed by atoms with Gasteiger partial charge in [0.15, 0.2) is 0 Å². The van der Waals surface area contributed by atoms with Gasteiger partial charge in [-0.3, -0.25) is 0 Å². The maximum atomic E-state index is 6.11. The Morgan fingerprint density at radius 1 is 1.18 bits per heavy atom. The van der Waals surface area contributed by atoms with Gasteiger partial charge in [-0.1, -0.05) is 41.9 Å². The molecule has 3 nitrogen and oxygen atoms in total. The fourth-order valence-corrected chi connectivity index (χ4v) is 1.69. The fourth-order valence-electron chi connectivity index (χ4n) is 1.45. The molecule has 0 atom stereocenters. The Morgan fingerprint density at radius 2 is 1.94 bits per heavy atom. The van der Waals surface area contributed by atoms with Crippen LogP contribution in [0.2, 0.25) is 5.02 Å². The normalized spacial score (nSPS) is 10.2. The van der Waals surface area contributed by atoms with E-state index >= 15 is 0 Å². The molecule has 0 aliphatic carbocycles. The molecule has 4 heteroatoms. The van der Waals surface area contributed by atoms with Gasteiger partial charge < -0.3 is 10.5 Å². The van der Waals surface area contributed by atoms with E-state index < -0.39 is 0 Å². The zero-order valence-electron chi connectivity index (χ0n) is 9.27. The maximum absolute atomic E-state index is 6.11. The number of aromatic nitrogens is 1. The summed E-state index contributed by atoms with van der Waals surface area (Å²) in [5.41, 5.74) is 7.47. The van der Waals surface area contributed by atoms with Gasteiger partial charge in [0.2, 0.25) is 5.88 Å². The van der Waals surface area contributed by atoms with Gasteiger partial charge >= 0.3 is 0 Å². The molecule has 0 unspecified atom stereocenters. The molecule has 0 fully saturated rings. The summed E-state index contributed by atoms with van der Waals surface area (Å²) in [6, 6.07) is 11.6. The summed E-state index contributed by atoms with van der Waals surface area (Å²) in [7, 11) is 0. The van der Waals surface area contributed by atoms with E-state index in [4.69, 9.17) is 22.1 Å². The highest BCUT2D eigenvalue weighted by molar-refractivity contribution is 6.32. The molecule has 17 heavy (non-hydrogen) atoms. The first kappa shape index (κ1) is 11.9. The van der Waals surface area contributed by atoms with Crippen LogP contribution in [0.15, 0.2) is 42.6 Å². The van der Waals surface area contributed by atoms with E-state index in [9.17, 15) is 0 Å². The van der Waals surface area contributed by atoms with Crippen molar-refractivity contribution in [3.63, 3.8) is 0 Å². The molecule has 0 saturated heterocycles. The average molecular weight is 249 g/mol. The van der Waals surface area contributed by atoms with Crippen molar-refractivity contribution in [2.75, 3.05) is 0 Å². The van der Waals surface area contributed by atoms with Crippen molar-refractivity contribution in [3.05, 3.63) is 58.7 Å². The predicted octanol–water partition coefficient (Wildman–Crippen LogP) is 2.77. The lowest BCUT2D eigenvalue weighted by atomic mass is 10.2. The minimum absolute atomic E-state index is 0.378. The average Bonchev–Trinajstić information content (AvgIpc) is 2.39. The molecule has 0 amide bonds. The summed E-state index contributed by atoms with van der Waals surface area (Å²) in [6.45, 7) is 0.824. The zero-order chi connectivity index (χ0) is 12.1. The van der Waals surface area contributed by atoms with Crippen molar-refractivity contribution < 1.29 is 4.74 Å². The van der Waals surface area contributed by atoms with Crippen LogP contribution in [0.5, 0.6) is 5.88 Å². The summed E-state index contributed by atoms with van der Waals surface area (Å²) >= 11 is 6.11. The van der Waals surface area contributed by atoms with Crippen LogP contribution >= 0.6 is 11.6 Å². The molecular weight excluding hydrogens is 236 g/mol. The van der Waals surface area contributed by atoms with E-state index in [-0.39, 0.29) is 0 Å². The highest BCUT2D eigenvalue weighted by Gasteiger charge is 2.07. The van der Waals surface area contributed by atoms with Crippen LogP contribution in [0.25, 0.3) is 0 Å². The monoisotopic (exact) mass is 248 g/mol. The Labute approximate surface area is 105 Å². The predicted molar refractivity (Wildman–Crippen MR) is 67.9 cm³/mol. The van der Waals surface area contributed by atoms with Crippen molar-refractivity contribution >= 4 is 11.6 Å². The largest absolute Gasteiger partial charge is 0.472 e. The molecule has 0 spiro atoms. The minimum atomic E-state index is 0.378. The van der Waals surface area contributed by atoms with Crippen LogP contribution in [0.1, 0.15) is 11.1 Å². The number of pyridine rings is 1. The number of benzene rings is 1. The number of nitrogens with two attached hydrogens (primary N) is 1. The Balaban J connectivity index is 2.09. The summed E-state index contributed by atoms with van der Waals surface area (Å²) in [6.07, 6.45) is 1.65. The first-order chi connectivity index (χ1) is 8.31. The summed E-state index contributed by atoms with van der Waals surface area (Å²) in [4.78, 5) is 4.09. The van der Waals surface area contributed by atoms with Crippen molar-refractivity contribution in [3.8, 4) is 5.88 Å². The van der Waals surface area contributed by atoms with Gasteiger partial charge in [0.1, 0.15) is 11.6 Å². The molecule has 0 radical (unpaired) electrons. The quantitative estimate of drug-likeness (QED) is 0.905. The van der Waals surface area contributed by atoms with E-state index in [2.05, 4.69) is 4.98 Å². The molecule has 2 aromatic rings. The van der Waals surface area contributed by atoms with Gasteiger partial charge in [-0.05, 0) is 17.2 Å². The Bertz CT molecular complexity index is 488. The molecular formula is C13H13ClN2O. The van der Waals surface area contributed by atoms with Gasteiger partial charge in [-0.2, -0.15) is 0 Å². The van der Waals surface area contributed by atoms with Crippen LogP contribution < -0.4 is 10.5 Å². The molecule has 2 rings (SSSR count). The zero-order valence-corrected chi connectivity index (χ0v) is 10.0. The number of rotatable bonds is 4. The molecule has 1 aromatic heterocycles. The SMILES string of the molecule is NCc1ccnc(OCc2ccccc2)c1Cl. The summed E-state index contributed by atoms with van der Waals surface area (Å²) in [5.74, 6) is 0.429. The third-order valence-corrected chi connectivity index (χ3v) is 2.78. The van der Waals surface area contributed by atoms with Gasteiger partial charge in [0, 0.05) is 12.7 Å². The molecule has 2 N–H and O–H groups in total. The van der Waals surface area contributed by atoms with Crippen molar-refractivity contribution in [1.29, 1.82) is 0 Å². The first-order valence-corrected chi connectivity index (χ1v) is 5.69. The minimum Gasteiger partial charge on any atom is -0.472 e. The smallest absolute Gasteiger partial charge is 0.233 e. The number of halogens is 1. The van der Waals surface area contributed by atoms with Gasteiger partial charge in [-0.15, -0.1) is 0 Å². The third kappa shape index (κ3) is 2.96. The molecule has 88 valence electrons. The topological polar surface area (TPSA) is 48.1 Å². The summed E-state index contributed by atoms with van der Waals surface area (Å²) in [5, 5.41) is 0.492. The molecule has 0 bridgehead atoms. The Hall–Kier alpha value is -1.58. The van der Waals surface area contributed by atoms with Gasteiger partial charge in [0.05, 0.1) is 0 Å². The van der Waals surface area contributed by atoms with Gasteiger partial charge in [-0.25, -0.2) is 4.98 Å². The van der Waals surface area contributed by atoms with E-state index in [0.29, 0.717) is 24.1 Å². The maximum Gasteiger partial charge on any atom is 0.233 e. The molecule has 1 aromatic carbocycles. The number of ether oxygens (including phenoxy) is 1. The lowest BCUT2D eigenvalue weighted by Gasteiger charge is -2.09. The second-order valence-corrected chi connectivity index (χ2v) is 3.95. The van der Waals surface area contributed by atoms with Crippen LogP contribution in [-0.4, -0.2) is 4.98 Å². The highest BCUT2D eigenvalue weighted by atomic mass is 35.5. The first-order valence-electron chi connectivity index (χ1n) is 5.31. The highest BCUT2D eigenvalue weighted by Crippen LogP contribution is 2.25. The van der Waals surface area contributed by atoms with Crippen LogP contribution in [0, 0.1) is 0 Å². The van der Waals surface area contributed by atoms with Crippen molar-refractivity contribution in [2.24, 2.45) is 5.73 Å². The van der Waals surface area contributed by atoms with Crippen LogP contribution in [0.4, 0.5) is 0 Å². The van der Waals surface area contributed by atoms with Crippen LogP contribution in [0.3, 0.4) is 0 Å². The van der Waals surface area contributed by atoms with Crippen molar-refractivity contribution in [2.45, 2.75) is 13.2 Å². The van der Waals surface area contributed by atoms with E-state index in [0.717, 1.165) is 11.1 Å². The van der Waals surface area contributed by atoms with E-state index in [1.54, 1.807) is 12.3 Å². The standard InChI is InChI=1S/C13H13ClN2O/c14-12-11(8-15)6-7-16-13(12)17-9-10-4-2-1-3-5-10/h1-7H,8-9,15H2. The number of nitrogens with zero attached hydrogens (tertiary/aromatic N) is 1. The fraction of sp³-hybridized carbons (Fsp3) is 0.154. The lowest BCUT2D eigenvalue weighted by molar-refractivity contribution is 0.294. The van der Waals surface area contributed by atoms with Gasteiger partial charge in [0.25, 0.3) is 0 Å². The lowest BCUT2D eigenvalue weighted by Crippen LogP contribution is -2.02.